The first kappa shape index (κ1) is 20.7. The molecule has 2 aromatic carbocycles. The second kappa shape index (κ2) is 9.19. The summed E-state index contributed by atoms with van der Waals surface area (Å²) in [5.41, 5.74) is 7.42. The molecule has 0 aliphatic carbocycles. The lowest BCUT2D eigenvalue weighted by Gasteiger charge is -2.04. The van der Waals surface area contributed by atoms with E-state index in [1.807, 2.05) is 6.07 Å². The van der Waals surface area contributed by atoms with Crippen LogP contribution in [0.15, 0.2) is 48.5 Å². The lowest BCUT2D eigenvalue weighted by molar-refractivity contribution is -0.192. The Kier molecular flexibility index (Phi) is 7.31. The SMILES string of the molecule is N#Cc1ccc(OC(=O)c2ccc(CN)cc2)cc1.O=C(O)C(F)(F)F. The van der Waals surface area contributed by atoms with E-state index < -0.39 is 18.1 Å². The molecule has 0 saturated heterocycles. The number of ether oxygens (including phenoxy) is 1. The minimum absolute atomic E-state index is 0.409. The Bertz CT molecular complexity index is 795. The van der Waals surface area contributed by atoms with E-state index in [4.69, 9.17) is 25.6 Å². The van der Waals surface area contributed by atoms with Crippen molar-refractivity contribution in [1.82, 2.24) is 0 Å². The van der Waals surface area contributed by atoms with Gasteiger partial charge in [-0.3, -0.25) is 0 Å². The number of carbonyl (C=O) groups excluding carboxylic acids is 1. The van der Waals surface area contributed by atoms with Crippen molar-refractivity contribution in [2.45, 2.75) is 12.7 Å². The third-order valence-electron chi connectivity index (χ3n) is 2.86. The van der Waals surface area contributed by atoms with Gasteiger partial charge in [-0.2, -0.15) is 18.4 Å². The minimum atomic E-state index is -5.08. The maximum absolute atomic E-state index is 11.8. The quantitative estimate of drug-likeness (QED) is 0.638. The first-order valence-corrected chi connectivity index (χ1v) is 6.99. The standard InChI is InChI=1S/C15H12N2O2.C2HF3O2/c16-9-11-1-5-13(6-2-11)15(18)19-14-7-3-12(10-17)4-8-14;3-2(4,5)1(6)7/h1-8H,9,16H2;(H,6,7). The zero-order valence-electron chi connectivity index (χ0n) is 13.2. The number of halogens is 3. The van der Waals surface area contributed by atoms with Gasteiger partial charge in [-0.15, -0.1) is 0 Å². The molecule has 0 aromatic heterocycles. The van der Waals surface area contributed by atoms with Crippen LogP contribution in [0.25, 0.3) is 0 Å². The molecule has 0 spiro atoms. The van der Waals surface area contributed by atoms with Gasteiger partial charge in [0, 0.05) is 6.54 Å². The zero-order chi connectivity index (χ0) is 19.7. The van der Waals surface area contributed by atoms with Crippen molar-refractivity contribution < 1.29 is 32.6 Å². The Morgan fingerprint density at radius 1 is 1.08 bits per heavy atom. The van der Waals surface area contributed by atoms with Crippen LogP contribution in [0.1, 0.15) is 21.5 Å². The van der Waals surface area contributed by atoms with Gasteiger partial charge in [-0.25, -0.2) is 9.59 Å². The molecule has 0 fully saturated rings. The lowest BCUT2D eigenvalue weighted by atomic mass is 10.1. The third-order valence-corrected chi connectivity index (χ3v) is 2.86. The number of nitrogens with zero attached hydrogens (tertiary/aromatic N) is 1. The predicted molar refractivity (Wildman–Crippen MR) is 84.1 cm³/mol. The summed E-state index contributed by atoms with van der Waals surface area (Å²) >= 11 is 0. The Hall–Kier alpha value is -3.38. The van der Waals surface area contributed by atoms with E-state index in [9.17, 15) is 18.0 Å². The summed E-state index contributed by atoms with van der Waals surface area (Å²) in [6.45, 7) is 0.435. The summed E-state index contributed by atoms with van der Waals surface area (Å²) in [6.07, 6.45) is -5.08. The predicted octanol–water partition coefficient (Wildman–Crippen LogP) is 2.87. The molecule has 3 N–H and O–H groups in total. The maximum atomic E-state index is 11.8. The number of hydrogen-bond acceptors (Lipinski definition) is 5. The van der Waals surface area contributed by atoms with Crippen LogP contribution in [0.4, 0.5) is 13.2 Å². The smallest absolute Gasteiger partial charge is 0.475 e. The summed E-state index contributed by atoms with van der Waals surface area (Å²) in [4.78, 5) is 20.7. The highest BCUT2D eigenvalue weighted by molar-refractivity contribution is 5.91. The van der Waals surface area contributed by atoms with E-state index in [1.165, 1.54) is 0 Å². The average Bonchev–Trinajstić information content (AvgIpc) is 2.62. The van der Waals surface area contributed by atoms with E-state index in [2.05, 4.69) is 0 Å². The highest BCUT2D eigenvalue weighted by Crippen LogP contribution is 2.14. The number of rotatable bonds is 3. The minimum Gasteiger partial charge on any atom is -0.475 e. The van der Waals surface area contributed by atoms with E-state index in [1.54, 1.807) is 48.5 Å². The summed E-state index contributed by atoms with van der Waals surface area (Å²) < 4.78 is 36.9. The van der Waals surface area contributed by atoms with Crippen LogP contribution >= 0.6 is 0 Å². The van der Waals surface area contributed by atoms with Crippen molar-refractivity contribution in [1.29, 1.82) is 5.26 Å². The van der Waals surface area contributed by atoms with Crippen LogP contribution in [0.3, 0.4) is 0 Å². The number of carbonyl (C=O) groups is 2. The van der Waals surface area contributed by atoms with E-state index in [0.29, 0.717) is 23.4 Å². The molecule has 0 amide bonds. The molecule has 0 radical (unpaired) electrons. The fraction of sp³-hybridized carbons (Fsp3) is 0.118. The summed E-state index contributed by atoms with van der Waals surface area (Å²) in [7, 11) is 0. The van der Waals surface area contributed by atoms with Gasteiger partial charge >= 0.3 is 18.1 Å². The lowest BCUT2D eigenvalue weighted by Crippen LogP contribution is -2.21. The number of benzene rings is 2. The number of carboxylic acid groups (broad SMARTS) is 1. The Labute approximate surface area is 146 Å². The molecule has 0 atom stereocenters. The fourth-order valence-corrected chi connectivity index (χ4v) is 1.54. The second-order valence-electron chi connectivity index (χ2n) is 4.73. The Morgan fingerprint density at radius 2 is 1.58 bits per heavy atom. The number of carboxylic acids is 1. The van der Waals surface area contributed by atoms with Gasteiger partial charge in [0.25, 0.3) is 0 Å². The highest BCUT2D eigenvalue weighted by Gasteiger charge is 2.38. The van der Waals surface area contributed by atoms with Crippen molar-refractivity contribution in [2.24, 2.45) is 5.73 Å². The van der Waals surface area contributed by atoms with Crippen LogP contribution in [0.2, 0.25) is 0 Å². The number of esters is 1. The first-order chi connectivity index (χ1) is 12.2. The molecule has 0 aliphatic heterocycles. The average molecular weight is 366 g/mol. The number of alkyl halides is 3. The molecule has 0 saturated carbocycles. The van der Waals surface area contributed by atoms with Crippen molar-refractivity contribution in [3.8, 4) is 11.8 Å². The van der Waals surface area contributed by atoms with Crippen molar-refractivity contribution in [3.63, 3.8) is 0 Å². The molecular formula is C17H13F3N2O4. The zero-order valence-corrected chi connectivity index (χ0v) is 13.2. The number of aliphatic carboxylic acids is 1. The van der Waals surface area contributed by atoms with Crippen LogP contribution < -0.4 is 10.5 Å². The Morgan fingerprint density at radius 3 is 1.96 bits per heavy atom. The molecule has 0 bridgehead atoms. The van der Waals surface area contributed by atoms with E-state index in [0.717, 1.165) is 5.56 Å². The third kappa shape index (κ3) is 6.62. The molecular weight excluding hydrogens is 353 g/mol. The van der Waals surface area contributed by atoms with Crippen LogP contribution in [0, 0.1) is 11.3 Å². The summed E-state index contributed by atoms with van der Waals surface area (Å²) in [5, 5.41) is 15.8. The first-order valence-electron chi connectivity index (χ1n) is 6.99. The fourth-order valence-electron chi connectivity index (χ4n) is 1.54. The molecule has 2 aromatic rings. The van der Waals surface area contributed by atoms with Crippen LogP contribution in [0.5, 0.6) is 5.75 Å². The van der Waals surface area contributed by atoms with Gasteiger partial charge in [0.05, 0.1) is 17.2 Å². The normalized spacial score (nSPS) is 10.1. The topological polar surface area (TPSA) is 113 Å². The molecule has 6 nitrogen and oxygen atoms in total. The Balaban J connectivity index is 0.000000412. The maximum Gasteiger partial charge on any atom is 0.490 e. The largest absolute Gasteiger partial charge is 0.490 e. The van der Waals surface area contributed by atoms with Crippen molar-refractivity contribution >= 4 is 11.9 Å². The molecule has 0 heterocycles. The van der Waals surface area contributed by atoms with Crippen molar-refractivity contribution in [2.75, 3.05) is 0 Å². The molecule has 136 valence electrons. The summed E-state index contributed by atoms with van der Waals surface area (Å²) in [6, 6.07) is 15.3. The molecule has 0 unspecified atom stereocenters. The van der Waals surface area contributed by atoms with Gasteiger partial charge in [0.2, 0.25) is 0 Å². The van der Waals surface area contributed by atoms with E-state index in [-0.39, 0.29) is 0 Å². The molecule has 0 aliphatic rings. The second-order valence-corrected chi connectivity index (χ2v) is 4.73. The van der Waals surface area contributed by atoms with Crippen molar-refractivity contribution in [3.05, 3.63) is 65.2 Å². The monoisotopic (exact) mass is 366 g/mol. The van der Waals surface area contributed by atoms with Gasteiger partial charge < -0.3 is 15.6 Å². The summed E-state index contributed by atoms with van der Waals surface area (Å²) in [5.74, 6) is -2.78. The van der Waals surface area contributed by atoms with Gasteiger partial charge in [-0.1, -0.05) is 12.1 Å². The van der Waals surface area contributed by atoms with Gasteiger partial charge in [0.1, 0.15) is 5.75 Å². The number of hydrogen-bond donors (Lipinski definition) is 2. The molecule has 9 heteroatoms. The number of nitriles is 1. The molecule has 26 heavy (non-hydrogen) atoms. The van der Waals surface area contributed by atoms with E-state index >= 15 is 0 Å². The highest BCUT2D eigenvalue weighted by atomic mass is 19.4. The van der Waals surface area contributed by atoms with Crippen LogP contribution in [-0.4, -0.2) is 23.2 Å². The van der Waals surface area contributed by atoms with Gasteiger partial charge in [-0.05, 0) is 42.0 Å². The van der Waals surface area contributed by atoms with Gasteiger partial charge in [0.15, 0.2) is 0 Å². The number of nitrogens with two attached hydrogens (primary N) is 1. The van der Waals surface area contributed by atoms with Crippen LogP contribution in [-0.2, 0) is 11.3 Å². The molecule has 2 rings (SSSR count).